The van der Waals surface area contributed by atoms with E-state index in [4.69, 9.17) is 4.74 Å². The fourth-order valence-corrected chi connectivity index (χ4v) is 3.62. The summed E-state index contributed by atoms with van der Waals surface area (Å²) < 4.78 is 19.4. The Morgan fingerprint density at radius 3 is 2.50 bits per heavy atom. The fourth-order valence-electron chi connectivity index (χ4n) is 2.62. The molecule has 0 spiro atoms. The number of rotatable bonds is 6. The molecule has 0 fully saturated rings. The number of hydrogen-bond donors (Lipinski definition) is 2. The van der Waals surface area contributed by atoms with Crippen LogP contribution in [0, 0.1) is 5.82 Å². The van der Waals surface area contributed by atoms with E-state index in [1.54, 1.807) is 0 Å². The molecule has 0 atom stereocenters. The molecule has 0 aliphatic heterocycles. The largest absolute Gasteiger partial charge is 0.492 e. The predicted molar refractivity (Wildman–Crippen MR) is 110 cm³/mol. The summed E-state index contributed by atoms with van der Waals surface area (Å²) in [5.74, 6) is -0.846. The van der Waals surface area contributed by atoms with Crippen LogP contribution in [0.3, 0.4) is 0 Å². The van der Waals surface area contributed by atoms with Gasteiger partial charge in [-0.1, -0.05) is 30.3 Å². The van der Waals surface area contributed by atoms with Gasteiger partial charge in [-0.05, 0) is 36.8 Å². The quantitative estimate of drug-likeness (QED) is 0.602. The monoisotopic (exact) mass is 398 g/mol. The molecule has 7 heteroatoms. The van der Waals surface area contributed by atoms with Crippen molar-refractivity contribution in [2.45, 2.75) is 13.8 Å². The standard InChI is InChI=1S/C21H19FN2O3S/c1-3-27-18-12-19(14-7-5-4-6-8-14)28-20(18)21(26)24-15-9-10-16(22)17(11-15)23-13(2)25/h4-12H,3H2,1-2H3,(H,23,25)(H,24,26). The lowest BCUT2D eigenvalue weighted by Gasteiger charge is -2.09. The summed E-state index contributed by atoms with van der Waals surface area (Å²) in [5.41, 5.74) is 1.36. The number of carbonyl (C=O) groups excluding carboxylic acids is 2. The van der Waals surface area contributed by atoms with Gasteiger partial charge in [0.15, 0.2) is 0 Å². The Kier molecular flexibility index (Phi) is 6.06. The van der Waals surface area contributed by atoms with Crippen LogP contribution in [0.25, 0.3) is 10.4 Å². The van der Waals surface area contributed by atoms with Gasteiger partial charge in [0, 0.05) is 17.5 Å². The first-order valence-electron chi connectivity index (χ1n) is 8.68. The third-order valence-electron chi connectivity index (χ3n) is 3.80. The van der Waals surface area contributed by atoms with Gasteiger partial charge in [0.25, 0.3) is 5.91 Å². The first kappa shape index (κ1) is 19.6. The lowest BCUT2D eigenvalue weighted by Crippen LogP contribution is -2.13. The first-order valence-corrected chi connectivity index (χ1v) is 9.50. The van der Waals surface area contributed by atoms with E-state index in [0.29, 0.717) is 22.9 Å². The SMILES string of the molecule is CCOc1cc(-c2ccccc2)sc1C(=O)Nc1ccc(F)c(NC(C)=O)c1. The summed E-state index contributed by atoms with van der Waals surface area (Å²) in [5, 5.41) is 5.13. The lowest BCUT2D eigenvalue weighted by molar-refractivity contribution is -0.114. The van der Waals surface area contributed by atoms with Crippen molar-refractivity contribution in [3.63, 3.8) is 0 Å². The predicted octanol–water partition coefficient (Wildman–Crippen LogP) is 5.16. The van der Waals surface area contributed by atoms with Crippen molar-refractivity contribution in [2.24, 2.45) is 0 Å². The Hall–Kier alpha value is -3.19. The molecule has 3 rings (SSSR count). The van der Waals surface area contributed by atoms with Crippen molar-refractivity contribution >= 4 is 34.5 Å². The topological polar surface area (TPSA) is 67.4 Å². The minimum Gasteiger partial charge on any atom is -0.492 e. The Balaban J connectivity index is 1.88. The van der Waals surface area contributed by atoms with Gasteiger partial charge >= 0.3 is 0 Å². The van der Waals surface area contributed by atoms with Gasteiger partial charge in [0.05, 0.1) is 12.3 Å². The molecule has 2 amide bonds. The van der Waals surface area contributed by atoms with Crippen LogP contribution in [0.15, 0.2) is 54.6 Å². The number of nitrogens with one attached hydrogen (secondary N) is 2. The lowest BCUT2D eigenvalue weighted by atomic mass is 10.2. The molecule has 0 saturated carbocycles. The second kappa shape index (κ2) is 8.67. The summed E-state index contributed by atoms with van der Waals surface area (Å²) in [6, 6.07) is 15.5. The number of halogens is 1. The molecule has 0 aliphatic carbocycles. The molecule has 3 aromatic rings. The van der Waals surface area contributed by atoms with Crippen LogP contribution < -0.4 is 15.4 Å². The molecular formula is C21H19FN2O3S. The summed E-state index contributed by atoms with van der Waals surface area (Å²) in [7, 11) is 0. The fraction of sp³-hybridized carbons (Fsp3) is 0.143. The number of anilines is 2. The van der Waals surface area contributed by atoms with E-state index in [1.807, 2.05) is 43.3 Å². The third-order valence-corrected chi connectivity index (χ3v) is 4.96. The zero-order valence-corrected chi connectivity index (χ0v) is 16.2. The van der Waals surface area contributed by atoms with Gasteiger partial charge in [-0.3, -0.25) is 9.59 Å². The molecule has 0 saturated heterocycles. The van der Waals surface area contributed by atoms with Crippen LogP contribution in [0.1, 0.15) is 23.5 Å². The molecule has 5 nitrogen and oxygen atoms in total. The number of amides is 2. The van der Waals surface area contributed by atoms with Crippen LogP contribution in [-0.4, -0.2) is 18.4 Å². The summed E-state index contributed by atoms with van der Waals surface area (Å²) >= 11 is 1.32. The average Bonchev–Trinajstić information content (AvgIpc) is 3.09. The molecule has 2 aromatic carbocycles. The van der Waals surface area contributed by atoms with Gasteiger partial charge in [-0.25, -0.2) is 4.39 Å². The van der Waals surface area contributed by atoms with Gasteiger partial charge < -0.3 is 15.4 Å². The van der Waals surface area contributed by atoms with Gasteiger partial charge in [0.1, 0.15) is 16.4 Å². The van der Waals surface area contributed by atoms with Crippen LogP contribution in [-0.2, 0) is 4.79 Å². The van der Waals surface area contributed by atoms with Gasteiger partial charge in [0.2, 0.25) is 5.91 Å². The van der Waals surface area contributed by atoms with E-state index >= 15 is 0 Å². The van der Waals surface area contributed by atoms with Crippen molar-refractivity contribution in [3.8, 4) is 16.2 Å². The normalized spacial score (nSPS) is 10.4. The molecule has 1 aromatic heterocycles. The molecule has 0 radical (unpaired) electrons. The maximum absolute atomic E-state index is 13.8. The van der Waals surface area contributed by atoms with Crippen molar-refractivity contribution in [1.82, 2.24) is 0 Å². The molecular weight excluding hydrogens is 379 g/mol. The van der Waals surface area contributed by atoms with Crippen molar-refractivity contribution < 1.29 is 18.7 Å². The van der Waals surface area contributed by atoms with Crippen molar-refractivity contribution in [1.29, 1.82) is 0 Å². The zero-order chi connectivity index (χ0) is 20.1. The molecule has 1 heterocycles. The first-order chi connectivity index (χ1) is 13.5. The number of ether oxygens (including phenoxy) is 1. The van der Waals surface area contributed by atoms with Gasteiger partial charge in [-0.15, -0.1) is 11.3 Å². The Morgan fingerprint density at radius 2 is 1.82 bits per heavy atom. The van der Waals surface area contributed by atoms with E-state index in [-0.39, 0.29) is 11.6 Å². The molecule has 0 unspecified atom stereocenters. The van der Waals surface area contributed by atoms with E-state index in [9.17, 15) is 14.0 Å². The van der Waals surface area contributed by atoms with Gasteiger partial charge in [-0.2, -0.15) is 0 Å². The molecule has 0 bridgehead atoms. The Labute approximate surface area is 166 Å². The highest BCUT2D eigenvalue weighted by Gasteiger charge is 2.19. The minimum absolute atomic E-state index is 0.00601. The number of hydrogen-bond acceptors (Lipinski definition) is 4. The highest BCUT2D eigenvalue weighted by Crippen LogP contribution is 2.37. The second-order valence-corrected chi connectivity index (χ2v) is 6.99. The van der Waals surface area contributed by atoms with E-state index < -0.39 is 11.7 Å². The molecule has 2 N–H and O–H groups in total. The third kappa shape index (κ3) is 4.55. The molecule has 28 heavy (non-hydrogen) atoms. The summed E-state index contributed by atoms with van der Waals surface area (Å²) in [6.45, 7) is 3.56. The second-order valence-electron chi connectivity index (χ2n) is 5.93. The maximum Gasteiger partial charge on any atom is 0.269 e. The van der Waals surface area contributed by atoms with Crippen molar-refractivity contribution in [2.75, 3.05) is 17.2 Å². The maximum atomic E-state index is 13.8. The van der Waals surface area contributed by atoms with E-state index in [2.05, 4.69) is 10.6 Å². The van der Waals surface area contributed by atoms with Crippen LogP contribution >= 0.6 is 11.3 Å². The molecule has 0 aliphatic rings. The zero-order valence-electron chi connectivity index (χ0n) is 15.4. The number of carbonyl (C=O) groups is 2. The number of thiophene rings is 1. The molecule has 144 valence electrons. The summed E-state index contributed by atoms with van der Waals surface area (Å²) in [6.07, 6.45) is 0. The summed E-state index contributed by atoms with van der Waals surface area (Å²) in [4.78, 5) is 25.3. The van der Waals surface area contributed by atoms with Crippen LogP contribution in [0.2, 0.25) is 0 Å². The van der Waals surface area contributed by atoms with E-state index in [1.165, 1.54) is 36.5 Å². The number of benzene rings is 2. The highest BCUT2D eigenvalue weighted by atomic mass is 32.1. The minimum atomic E-state index is -0.578. The van der Waals surface area contributed by atoms with Crippen LogP contribution in [0.5, 0.6) is 5.75 Å². The Morgan fingerprint density at radius 1 is 1.07 bits per heavy atom. The van der Waals surface area contributed by atoms with E-state index in [0.717, 1.165) is 10.4 Å². The van der Waals surface area contributed by atoms with Crippen molar-refractivity contribution in [3.05, 3.63) is 65.3 Å². The van der Waals surface area contributed by atoms with Crippen LogP contribution in [0.4, 0.5) is 15.8 Å². The Bertz CT molecular complexity index is 1000. The smallest absolute Gasteiger partial charge is 0.269 e. The average molecular weight is 398 g/mol. The highest BCUT2D eigenvalue weighted by molar-refractivity contribution is 7.17.